The first-order valence-electron chi connectivity index (χ1n) is 8.75. The third-order valence-corrected chi connectivity index (χ3v) is 4.25. The van der Waals surface area contributed by atoms with Crippen LogP contribution in [0.15, 0.2) is 30.3 Å². The Labute approximate surface area is 159 Å². The normalized spacial score (nSPS) is 10.5. The van der Waals surface area contributed by atoms with Crippen LogP contribution in [0.5, 0.6) is 0 Å². The number of pyridine rings is 1. The van der Waals surface area contributed by atoms with Crippen molar-refractivity contribution in [1.82, 2.24) is 10.3 Å². The minimum absolute atomic E-state index is 0.169. The Balaban J connectivity index is 2.10. The molecule has 0 atom stereocenters. The van der Waals surface area contributed by atoms with Gasteiger partial charge in [-0.05, 0) is 49.6 Å². The molecule has 0 saturated carbocycles. The van der Waals surface area contributed by atoms with Crippen molar-refractivity contribution >= 4 is 29.1 Å². The Morgan fingerprint density at radius 2 is 1.77 bits per heavy atom. The zero-order valence-corrected chi connectivity index (χ0v) is 16.1. The van der Waals surface area contributed by atoms with Crippen molar-refractivity contribution in [1.29, 1.82) is 0 Å². The summed E-state index contributed by atoms with van der Waals surface area (Å²) in [6, 6.07) is 8.54. The van der Waals surface area contributed by atoms with E-state index in [9.17, 15) is 9.59 Å². The van der Waals surface area contributed by atoms with Gasteiger partial charge >= 0.3 is 0 Å². The Hall–Kier alpha value is -2.40. The molecule has 1 heterocycles. The summed E-state index contributed by atoms with van der Waals surface area (Å²) >= 11 is 6.23. The maximum atomic E-state index is 12.5. The predicted octanol–water partition coefficient (Wildman–Crippen LogP) is 4.52. The zero-order chi connectivity index (χ0) is 19.1. The first kappa shape index (κ1) is 19.9. The highest BCUT2D eigenvalue weighted by Gasteiger charge is 2.15. The third-order valence-electron chi connectivity index (χ3n) is 3.95. The average molecular weight is 374 g/mol. The maximum Gasteiger partial charge on any atom is 0.274 e. The number of rotatable bonds is 7. The number of nitrogens with zero attached hydrogens (tertiary/aromatic N) is 1. The highest BCUT2D eigenvalue weighted by molar-refractivity contribution is 6.34. The van der Waals surface area contributed by atoms with Gasteiger partial charge in [0.15, 0.2) is 0 Å². The molecule has 0 aliphatic carbocycles. The summed E-state index contributed by atoms with van der Waals surface area (Å²) in [6.45, 7) is 6.52. The SMILES string of the molecule is CCCCCNC(=O)c1cccc(C(=O)Nc2c(C)cc(C)cc2Cl)n1. The summed E-state index contributed by atoms with van der Waals surface area (Å²) in [5.41, 5.74) is 2.83. The number of benzene rings is 1. The molecule has 5 nitrogen and oxygen atoms in total. The van der Waals surface area contributed by atoms with Crippen LogP contribution in [0.1, 0.15) is 58.3 Å². The Bertz CT molecular complexity index is 782. The molecule has 6 heteroatoms. The summed E-state index contributed by atoms with van der Waals surface area (Å²) in [5.74, 6) is -0.681. The first-order valence-corrected chi connectivity index (χ1v) is 9.13. The number of unbranched alkanes of at least 4 members (excludes halogenated alkanes) is 2. The molecule has 138 valence electrons. The lowest BCUT2D eigenvalue weighted by Crippen LogP contribution is -2.26. The predicted molar refractivity (Wildman–Crippen MR) is 105 cm³/mol. The molecule has 0 spiro atoms. The van der Waals surface area contributed by atoms with Crippen LogP contribution >= 0.6 is 11.6 Å². The van der Waals surface area contributed by atoms with E-state index in [0.29, 0.717) is 17.3 Å². The van der Waals surface area contributed by atoms with Crippen molar-refractivity contribution in [2.75, 3.05) is 11.9 Å². The van der Waals surface area contributed by atoms with Gasteiger partial charge in [0, 0.05) is 6.54 Å². The molecule has 1 aromatic carbocycles. The monoisotopic (exact) mass is 373 g/mol. The van der Waals surface area contributed by atoms with E-state index in [4.69, 9.17) is 11.6 Å². The van der Waals surface area contributed by atoms with Crippen LogP contribution in [0, 0.1) is 13.8 Å². The molecule has 2 N–H and O–H groups in total. The molecule has 0 saturated heterocycles. The van der Waals surface area contributed by atoms with Crippen molar-refractivity contribution in [3.63, 3.8) is 0 Å². The quantitative estimate of drug-likeness (QED) is 0.700. The topological polar surface area (TPSA) is 71.1 Å². The number of aryl methyl sites for hydroxylation is 2. The van der Waals surface area contributed by atoms with Crippen LogP contribution in [0.3, 0.4) is 0 Å². The van der Waals surface area contributed by atoms with Crippen LogP contribution in [-0.2, 0) is 0 Å². The molecule has 0 bridgehead atoms. The minimum Gasteiger partial charge on any atom is -0.351 e. The molecular formula is C20H24ClN3O2. The molecule has 0 radical (unpaired) electrons. The summed E-state index contributed by atoms with van der Waals surface area (Å²) in [4.78, 5) is 28.9. The minimum atomic E-state index is -0.403. The fraction of sp³-hybridized carbons (Fsp3) is 0.350. The Kier molecular flexibility index (Phi) is 7.16. The van der Waals surface area contributed by atoms with Crippen LogP contribution in [0.4, 0.5) is 5.69 Å². The average Bonchev–Trinajstić information content (AvgIpc) is 2.61. The van der Waals surface area contributed by atoms with Gasteiger partial charge in [0.25, 0.3) is 11.8 Å². The number of carbonyl (C=O) groups excluding carboxylic acids is 2. The third kappa shape index (κ3) is 5.30. The summed E-state index contributed by atoms with van der Waals surface area (Å²) in [6.07, 6.45) is 3.07. The molecule has 2 amide bonds. The smallest absolute Gasteiger partial charge is 0.274 e. The molecule has 0 unspecified atom stereocenters. The number of anilines is 1. The van der Waals surface area contributed by atoms with Gasteiger partial charge in [-0.15, -0.1) is 0 Å². The highest BCUT2D eigenvalue weighted by atomic mass is 35.5. The number of halogens is 1. The highest BCUT2D eigenvalue weighted by Crippen LogP contribution is 2.27. The van der Waals surface area contributed by atoms with Gasteiger partial charge < -0.3 is 10.6 Å². The summed E-state index contributed by atoms with van der Waals surface area (Å²) < 4.78 is 0. The van der Waals surface area contributed by atoms with E-state index < -0.39 is 5.91 Å². The summed E-state index contributed by atoms with van der Waals surface area (Å²) in [5, 5.41) is 6.08. The van der Waals surface area contributed by atoms with Crippen molar-refractivity contribution < 1.29 is 9.59 Å². The number of amides is 2. The molecule has 0 aliphatic heterocycles. The first-order chi connectivity index (χ1) is 12.4. The Morgan fingerprint density at radius 1 is 1.08 bits per heavy atom. The van der Waals surface area contributed by atoms with E-state index in [0.717, 1.165) is 30.4 Å². The van der Waals surface area contributed by atoms with Crippen LogP contribution < -0.4 is 10.6 Å². The second kappa shape index (κ2) is 9.34. The van der Waals surface area contributed by atoms with Crippen molar-refractivity contribution in [3.8, 4) is 0 Å². The molecule has 0 aliphatic rings. The molecule has 0 fully saturated rings. The van der Waals surface area contributed by atoms with E-state index >= 15 is 0 Å². The molecular weight excluding hydrogens is 350 g/mol. The second-order valence-electron chi connectivity index (χ2n) is 6.26. The van der Waals surface area contributed by atoms with E-state index in [1.807, 2.05) is 19.9 Å². The lowest BCUT2D eigenvalue weighted by molar-refractivity contribution is 0.0947. The zero-order valence-electron chi connectivity index (χ0n) is 15.4. The number of aromatic nitrogens is 1. The Morgan fingerprint density at radius 3 is 2.42 bits per heavy atom. The summed E-state index contributed by atoms with van der Waals surface area (Å²) in [7, 11) is 0. The van der Waals surface area contributed by atoms with Gasteiger partial charge in [0.2, 0.25) is 0 Å². The number of hydrogen-bond acceptors (Lipinski definition) is 3. The van der Waals surface area contributed by atoms with E-state index in [-0.39, 0.29) is 17.3 Å². The van der Waals surface area contributed by atoms with Crippen LogP contribution in [0.25, 0.3) is 0 Å². The van der Waals surface area contributed by atoms with E-state index in [1.54, 1.807) is 24.3 Å². The largest absolute Gasteiger partial charge is 0.351 e. The van der Waals surface area contributed by atoms with Crippen molar-refractivity contribution in [2.24, 2.45) is 0 Å². The fourth-order valence-electron chi connectivity index (χ4n) is 2.61. The van der Waals surface area contributed by atoms with Crippen LogP contribution in [0.2, 0.25) is 5.02 Å². The maximum absolute atomic E-state index is 12.5. The van der Waals surface area contributed by atoms with Gasteiger partial charge in [0.05, 0.1) is 10.7 Å². The lowest BCUT2D eigenvalue weighted by Gasteiger charge is -2.12. The number of carbonyl (C=O) groups is 2. The molecule has 2 aromatic rings. The van der Waals surface area contributed by atoms with Gasteiger partial charge in [-0.1, -0.05) is 43.5 Å². The number of nitrogens with one attached hydrogen (secondary N) is 2. The van der Waals surface area contributed by atoms with Gasteiger partial charge in [-0.3, -0.25) is 9.59 Å². The van der Waals surface area contributed by atoms with E-state index in [1.165, 1.54) is 0 Å². The molecule has 1 aromatic heterocycles. The van der Waals surface area contributed by atoms with Crippen molar-refractivity contribution in [3.05, 3.63) is 57.9 Å². The molecule has 26 heavy (non-hydrogen) atoms. The fourth-order valence-corrected chi connectivity index (χ4v) is 2.98. The van der Waals surface area contributed by atoms with Gasteiger partial charge in [-0.25, -0.2) is 4.98 Å². The number of hydrogen-bond donors (Lipinski definition) is 2. The van der Waals surface area contributed by atoms with Gasteiger partial charge in [0.1, 0.15) is 11.4 Å². The van der Waals surface area contributed by atoms with Crippen molar-refractivity contribution in [2.45, 2.75) is 40.0 Å². The standard InChI is InChI=1S/C20H24ClN3O2/c1-4-5-6-10-22-19(25)16-8-7-9-17(23-16)20(26)24-18-14(3)11-13(2)12-15(18)21/h7-9,11-12H,4-6,10H2,1-3H3,(H,22,25)(H,24,26). The lowest BCUT2D eigenvalue weighted by atomic mass is 10.1. The molecule has 2 rings (SSSR count). The van der Waals surface area contributed by atoms with E-state index in [2.05, 4.69) is 22.5 Å². The second-order valence-corrected chi connectivity index (χ2v) is 6.67. The van der Waals surface area contributed by atoms with Crippen LogP contribution in [-0.4, -0.2) is 23.3 Å². The van der Waals surface area contributed by atoms with Gasteiger partial charge in [-0.2, -0.15) is 0 Å².